The van der Waals surface area contributed by atoms with E-state index in [4.69, 9.17) is 17.3 Å². The van der Waals surface area contributed by atoms with Crippen LogP contribution >= 0.6 is 27.5 Å². The number of amidine groups is 1. The summed E-state index contributed by atoms with van der Waals surface area (Å²) in [5.41, 5.74) is 5.77. The van der Waals surface area contributed by atoms with E-state index in [2.05, 4.69) is 25.7 Å². The van der Waals surface area contributed by atoms with Gasteiger partial charge in [-0.3, -0.25) is 0 Å². The van der Waals surface area contributed by atoms with Crippen molar-refractivity contribution < 1.29 is 17.9 Å². The third-order valence-electron chi connectivity index (χ3n) is 1.55. The van der Waals surface area contributed by atoms with Crippen LogP contribution in [0.5, 0.6) is 5.75 Å². The predicted molar refractivity (Wildman–Crippen MR) is 62.8 cm³/mol. The molecule has 0 saturated heterocycles. The summed E-state index contributed by atoms with van der Waals surface area (Å²) in [4.78, 5) is 3.89. The van der Waals surface area contributed by atoms with Crippen molar-refractivity contribution in [2.45, 2.75) is 6.36 Å². The molecule has 0 amide bonds. The lowest BCUT2D eigenvalue weighted by Crippen LogP contribution is -2.17. The zero-order valence-corrected chi connectivity index (χ0v) is 10.6. The first-order valence-electron chi connectivity index (χ1n) is 4.26. The summed E-state index contributed by atoms with van der Waals surface area (Å²) in [6.45, 7) is 0. The van der Waals surface area contributed by atoms with Crippen LogP contribution in [0.3, 0.4) is 0 Å². The van der Waals surface area contributed by atoms with Crippen LogP contribution in [0.25, 0.3) is 0 Å². The Morgan fingerprint density at radius 3 is 2.59 bits per heavy atom. The molecule has 0 atom stereocenters. The van der Waals surface area contributed by atoms with Gasteiger partial charge in [0.15, 0.2) is 0 Å². The van der Waals surface area contributed by atoms with Gasteiger partial charge in [0.1, 0.15) is 11.6 Å². The van der Waals surface area contributed by atoms with Crippen molar-refractivity contribution in [1.29, 1.82) is 0 Å². The molecule has 94 valence electrons. The molecule has 0 aliphatic heterocycles. The molecule has 0 bridgehead atoms. The lowest BCUT2D eigenvalue weighted by molar-refractivity contribution is -0.274. The third kappa shape index (κ3) is 4.82. The quantitative estimate of drug-likeness (QED) is 0.523. The van der Waals surface area contributed by atoms with Gasteiger partial charge in [-0.25, -0.2) is 4.99 Å². The second kappa shape index (κ2) is 5.59. The van der Waals surface area contributed by atoms with Crippen molar-refractivity contribution in [2.75, 3.05) is 5.88 Å². The van der Waals surface area contributed by atoms with Gasteiger partial charge in [-0.15, -0.1) is 24.8 Å². The van der Waals surface area contributed by atoms with Gasteiger partial charge in [-0.1, -0.05) is 0 Å². The highest BCUT2D eigenvalue weighted by Crippen LogP contribution is 2.32. The number of hydrogen-bond donors (Lipinski definition) is 1. The fourth-order valence-corrected chi connectivity index (χ4v) is 1.47. The molecule has 0 saturated carbocycles. The van der Waals surface area contributed by atoms with Crippen molar-refractivity contribution >= 4 is 39.1 Å². The molecule has 0 fully saturated rings. The Kier molecular flexibility index (Phi) is 4.64. The third-order valence-corrected chi connectivity index (χ3v) is 2.46. The van der Waals surface area contributed by atoms with Crippen molar-refractivity contribution in [3.63, 3.8) is 0 Å². The minimum atomic E-state index is -4.72. The standard InChI is InChI=1S/C9H7BrClF3N2O/c10-6-3-5(17-9(12,13)14)1-2-7(6)16-8(15)4-11/h1-3H,4H2,(H2,15,16). The Balaban J connectivity index is 2.94. The predicted octanol–water partition coefficient (Wildman–Crippen LogP) is 3.58. The topological polar surface area (TPSA) is 47.6 Å². The van der Waals surface area contributed by atoms with Crippen molar-refractivity contribution in [1.82, 2.24) is 0 Å². The van der Waals surface area contributed by atoms with E-state index in [0.29, 0.717) is 10.2 Å². The van der Waals surface area contributed by atoms with Gasteiger partial charge in [0.05, 0.1) is 11.6 Å². The Hall–Kier alpha value is -0.950. The van der Waals surface area contributed by atoms with E-state index in [1.807, 2.05) is 0 Å². The summed E-state index contributed by atoms with van der Waals surface area (Å²) in [6.07, 6.45) is -4.72. The molecule has 3 nitrogen and oxygen atoms in total. The molecule has 0 aromatic heterocycles. The number of hydrogen-bond acceptors (Lipinski definition) is 2. The van der Waals surface area contributed by atoms with E-state index < -0.39 is 6.36 Å². The van der Waals surface area contributed by atoms with Crippen LogP contribution < -0.4 is 10.5 Å². The maximum atomic E-state index is 11.9. The maximum Gasteiger partial charge on any atom is 0.573 e. The molecule has 0 radical (unpaired) electrons. The molecule has 0 aliphatic rings. The van der Waals surface area contributed by atoms with Gasteiger partial charge in [0.2, 0.25) is 0 Å². The van der Waals surface area contributed by atoms with Gasteiger partial charge < -0.3 is 10.5 Å². The summed E-state index contributed by atoms with van der Waals surface area (Å²) in [6, 6.07) is 3.62. The van der Waals surface area contributed by atoms with Gasteiger partial charge in [-0.2, -0.15) is 0 Å². The number of aliphatic imine (C=N–C) groups is 1. The van der Waals surface area contributed by atoms with Crippen molar-refractivity contribution in [3.05, 3.63) is 22.7 Å². The number of nitrogens with zero attached hydrogens (tertiary/aromatic N) is 1. The van der Waals surface area contributed by atoms with Gasteiger partial charge in [-0.05, 0) is 34.1 Å². The molecule has 1 aromatic rings. The molecule has 0 unspecified atom stereocenters. The van der Waals surface area contributed by atoms with Crippen molar-refractivity contribution in [2.24, 2.45) is 10.7 Å². The first-order valence-corrected chi connectivity index (χ1v) is 5.59. The molecule has 0 aliphatic carbocycles. The summed E-state index contributed by atoms with van der Waals surface area (Å²) < 4.78 is 39.9. The van der Waals surface area contributed by atoms with E-state index in [9.17, 15) is 13.2 Å². The van der Waals surface area contributed by atoms with E-state index in [1.54, 1.807) is 0 Å². The molecule has 17 heavy (non-hydrogen) atoms. The highest BCUT2D eigenvalue weighted by Gasteiger charge is 2.31. The minimum absolute atomic E-state index is 0.0350. The monoisotopic (exact) mass is 330 g/mol. The Morgan fingerprint density at radius 2 is 2.12 bits per heavy atom. The maximum absolute atomic E-state index is 11.9. The van der Waals surface area contributed by atoms with E-state index in [1.165, 1.54) is 6.07 Å². The van der Waals surface area contributed by atoms with E-state index in [0.717, 1.165) is 12.1 Å². The van der Waals surface area contributed by atoms with Gasteiger partial charge in [0.25, 0.3) is 0 Å². The number of rotatable bonds is 3. The lowest BCUT2D eigenvalue weighted by Gasteiger charge is -2.09. The SMILES string of the molecule is NC(CCl)=Nc1ccc(OC(F)(F)F)cc1Br. The Bertz CT molecular complexity index is 437. The normalized spacial score (nSPS) is 12.6. The van der Waals surface area contributed by atoms with Crippen LogP contribution in [0.4, 0.5) is 18.9 Å². The fraction of sp³-hybridized carbons (Fsp3) is 0.222. The first-order chi connectivity index (χ1) is 7.81. The lowest BCUT2D eigenvalue weighted by atomic mass is 10.3. The Labute approximate surface area is 109 Å². The fourth-order valence-electron chi connectivity index (χ4n) is 0.960. The molecule has 0 spiro atoms. The number of nitrogens with two attached hydrogens (primary N) is 1. The Morgan fingerprint density at radius 1 is 1.47 bits per heavy atom. The van der Waals surface area contributed by atoms with E-state index >= 15 is 0 Å². The summed E-state index contributed by atoms with van der Waals surface area (Å²) in [5, 5.41) is 0. The number of halogens is 5. The molecule has 1 rings (SSSR count). The summed E-state index contributed by atoms with van der Waals surface area (Å²) in [5.74, 6) is -0.141. The molecule has 0 heterocycles. The molecular weight excluding hydrogens is 324 g/mol. The zero-order chi connectivity index (χ0) is 13.1. The van der Waals surface area contributed by atoms with Crippen LogP contribution in [0.15, 0.2) is 27.7 Å². The molecule has 2 N–H and O–H groups in total. The average Bonchev–Trinajstić information content (AvgIpc) is 2.19. The number of ether oxygens (including phenoxy) is 1. The van der Waals surface area contributed by atoms with Gasteiger partial charge >= 0.3 is 6.36 Å². The van der Waals surface area contributed by atoms with Crippen LogP contribution in [-0.4, -0.2) is 18.1 Å². The smallest absolute Gasteiger partial charge is 0.406 e. The average molecular weight is 332 g/mol. The van der Waals surface area contributed by atoms with Crippen LogP contribution in [-0.2, 0) is 0 Å². The molecule has 1 aromatic carbocycles. The van der Waals surface area contributed by atoms with Crippen molar-refractivity contribution in [3.8, 4) is 5.75 Å². The van der Waals surface area contributed by atoms with E-state index in [-0.39, 0.29) is 17.5 Å². The van der Waals surface area contributed by atoms with Crippen LogP contribution in [0.1, 0.15) is 0 Å². The second-order valence-corrected chi connectivity index (χ2v) is 4.02. The largest absolute Gasteiger partial charge is 0.573 e. The molecule has 8 heteroatoms. The summed E-state index contributed by atoms with van der Waals surface area (Å²) in [7, 11) is 0. The highest BCUT2D eigenvalue weighted by atomic mass is 79.9. The summed E-state index contributed by atoms with van der Waals surface area (Å²) >= 11 is 8.49. The highest BCUT2D eigenvalue weighted by molar-refractivity contribution is 9.10. The molecular formula is C9H7BrClF3N2O. The second-order valence-electron chi connectivity index (χ2n) is 2.90. The minimum Gasteiger partial charge on any atom is -0.406 e. The zero-order valence-electron chi connectivity index (χ0n) is 8.26. The first kappa shape index (κ1) is 14.1. The number of alkyl halides is 4. The van der Waals surface area contributed by atoms with Crippen LogP contribution in [0, 0.1) is 0 Å². The number of benzene rings is 1. The van der Waals surface area contributed by atoms with Crippen LogP contribution in [0.2, 0.25) is 0 Å². The van der Waals surface area contributed by atoms with Gasteiger partial charge in [0, 0.05) is 4.47 Å².